The first-order valence-electron chi connectivity index (χ1n) is 5.51. The minimum Gasteiger partial charge on any atom is -0.293 e. The van der Waals surface area contributed by atoms with Crippen molar-refractivity contribution in [1.29, 1.82) is 0 Å². The van der Waals surface area contributed by atoms with E-state index in [-0.39, 0.29) is 5.78 Å². The van der Waals surface area contributed by atoms with Gasteiger partial charge in [0.2, 0.25) is 0 Å². The van der Waals surface area contributed by atoms with E-state index in [1.54, 1.807) is 0 Å². The molecule has 0 aromatic carbocycles. The number of thiazole rings is 1. The van der Waals surface area contributed by atoms with Crippen LogP contribution < -0.4 is 0 Å². The Morgan fingerprint density at radius 1 is 1.47 bits per heavy atom. The lowest BCUT2D eigenvalue weighted by atomic mass is 9.99. The number of ketones is 1. The molecule has 1 atom stereocenters. The van der Waals surface area contributed by atoms with Gasteiger partial charge in [0.1, 0.15) is 0 Å². The van der Waals surface area contributed by atoms with Crippen LogP contribution in [0.1, 0.15) is 53.5 Å². The first-order chi connectivity index (χ1) is 7.04. The fraction of sp³-hybridized carbons (Fsp3) is 0.667. The average molecular weight is 225 g/mol. The second-order valence-electron chi connectivity index (χ2n) is 4.17. The van der Waals surface area contributed by atoms with Gasteiger partial charge in [0, 0.05) is 6.42 Å². The molecule has 0 bridgehead atoms. The summed E-state index contributed by atoms with van der Waals surface area (Å²) in [6, 6.07) is 0. The van der Waals surface area contributed by atoms with Crippen molar-refractivity contribution in [2.24, 2.45) is 5.92 Å². The summed E-state index contributed by atoms with van der Waals surface area (Å²) in [5, 5.41) is 0.985. The van der Waals surface area contributed by atoms with Crippen LogP contribution >= 0.6 is 11.3 Å². The second kappa shape index (κ2) is 5.40. The van der Waals surface area contributed by atoms with Gasteiger partial charge in [-0.1, -0.05) is 26.7 Å². The Kier molecular flexibility index (Phi) is 4.45. The van der Waals surface area contributed by atoms with Crippen molar-refractivity contribution >= 4 is 17.1 Å². The van der Waals surface area contributed by atoms with Crippen molar-refractivity contribution < 1.29 is 4.79 Å². The second-order valence-corrected chi connectivity index (χ2v) is 5.37. The van der Waals surface area contributed by atoms with Crippen LogP contribution in [-0.2, 0) is 0 Å². The molecule has 0 radical (unpaired) electrons. The van der Waals surface area contributed by atoms with Crippen LogP contribution in [0.15, 0.2) is 0 Å². The van der Waals surface area contributed by atoms with Crippen LogP contribution in [0, 0.1) is 19.8 Å². The molecule has 0 saturated carbocycles. The van der Waals surface area contributed by atoms with Crippen molar-refractivity contribution in [3.8, 4) is 0 Å². The predicted octanol–water partition coefficient (Wildman–Crippen LogP) is 3.77. The number of nitrogens with zero attached hydrogens (tertiary/aromatic N) is 1. The van der Waals surface area contributed by atoms with Gasteiger partial charge >= 0.3 is 0 Å². The van der Waals surface area contributed by atoms with Gasteiger partial charge in [-0.15, -0.1) is 11.3 Å². The Balaban J connectivity index is 2.65. The molecular weight excluding hydrogens is 206 g/mol. The molecule has 0 fully saturated rings. The van der Waals surface area contributed by atoms with Gasteiger partial charge in [-0.25, -0.2) is 4.98 Å². The summed E-state index contributed by atoms with van der Waals surface area (Å²) < 4.78 is 0. The SMILES string of the molecule is CCCC(C)CC(=O)c1sc(C)nc1C. The Bertz CT molecular complexity index is 343. The van der Waals surface area contributed by atoms with Crippen LogP contribution in [-0.4, -0.2) is 10.8 Å². The number of hydrogen-bond acceptors (Lipinski definition) is 3. The molecule has 2 nitrogen and oxygen atoms in total. The summed E-state index contributed by atoms with van der Waals surface area (Å²) in [5.41, 5.74) is 0.895. The monoisotopic (exact) mass is 225 g/mol. The van der Waals surface area contributed by atoms with E-state index in [1.807, 2.05) is 13.8 Å². The van der Waals surface area contributed by atoms with Crippen molar-refractivity contribution in [1.82, 2.24) is 4.98 Å². The third-order valence-corrected chi connectivity index (χ3v) is 3.59. The number of Topliss-reactive ketones (excluding diaryl/α,β-unsaturated/α-hetero) is 1. The van der Waals surface area contributed by atoms with E-state index in [9.17, 15) is 4.79 Å². The minimum atomic E-state index is 0.263. The maximum atomic E-state index is 11.9. The highest BCUT2D eigenvalue weighted by Crippen LogP contribution is 2.22. The molecule has 3 heteroatoms. The zero-order valence-corrected chi connectivity index (χ0v) is 10.8. The first-order valence-corrected chi connectivity index (χ1v) is 6.33. The van der Waals surface area contributed by atoms with Gasteiger partial charge in [0.15, 0.2) is 5.78 Å². The quantitative estimate of drug-likeness (QED) is 0.714. The summed E-state index contributed by atoms with van der Waals surface area (Å²) in [6.45, 7) is 8.17. The topological polar surface area (TPSA) is 30.0 Å². The summed E-state index contributed by atoms with van der Waals surface area (Å²) >= 11 is 1.52. The third kappa shape index (κ3) is 3.42. The van der Waals surface area contributed by atoms with Gasteiger partial charge < -0.3 is 0 Å². The molecule has 0 amide bonds. The van der Waals surface area contributed by atoms with Crippen molar-refractivity contribution in [3.05, 3.63) is 15.6 Å². The van der Waals surface area contributed by atoms with Gasteiger partial charge in [0.25, 0.3) is 0 Å². The van der Waals surface area contributed by atoms with Crippen LogP contribution in [0.25, 0.3) is 0 Å². The molecule has 0 aliphatic rings. The smallest absolute Gasteiger partial charge is 0.174 e. The normalized spacial score (nSPS) is 12.8. The van der Waals surface area contributed by atoms with E-state index in [0.717, 1.165) is 28.4 Å². The molecule has 0 saturated heterocycles. The first kappa shape index (κ1) is 12.4. The molecule has 84 valence electrons. The lowest BCUT2D eigenvalue weighted by molar-refractivity contribution is 0.0966. The Hall–Kier alpha value is -0.700. The zero-order valence-electron chi connectivity index (χ0n) is 9.96. The minimum absolute atomic E-state index is 0.263. The highest BCUT2D eigenvalue weighted by Gasteiger charge is 2.16. The molecule has 0 spiro atoms. The highest BCUT2D eigenvalue weighted by atomic mass is 32.1. The van der Waals surface area contributed by atoms with Crippen LogP contribution in [0.2, 0.25) is 0 Å². The van der Waals surface area contributed by atoms with Gasteiger partial charge in [-0.3, -0.25) is 4.79 Å². The van der Waals surface area contributed by atoms with Gasteiger partial charge in [0.05, 0.1) is 15.6 Å². The van der Waals surface area contributed by atoms with E-state index in [1.165, 1.54) is 11.3 Å². The Morgan fingerprint density at radius 2 is 2.13 bits per heavy atom. The van der Waals surface area contributed by atoms with Crippen LogP contribution in [0.5, 0.6) is 0 Å². The average Bonchev–Trinajstić information content (AvgIpc) is 2.45. The number of hydrogen-bond donors (Lipinski definition) is 0. The van der Waals surface area contributed by atoms with Crippen molar-refractivity contribution in [3.63, 3.8) is 0 Å². The van der Waals surface area contributed by atoms with E-state index in [2.05, 4.69) is 18.8 Å². The standard InChI is InChI=1S/C12H19NOS/c1-5-6-8(2)7-11(14)12-9(3)13-10(4)15-12/h8H,5-7H2,1-4H3. The Morgan fingerprint density at radius 3 is 2.60 bits per heavy atom. The maximum Gasteiger partial charge on any atom is 0.174 e. The van der Waals surface area contributed by atoms with Crippen LogP contribution in [0.3, 0.4) is 0 Å². The van der Waals surface area contributed by atoms with E-state index < -0.39 is 0 Å². The summed E-state index contributed by atoms with van der Waals surface area (Å²) in [4.78, 5) is 17.1. The van der Waals surface area contributed by atoms with Gasteiger partial charge in [-0.05, 0) is 19.8 Å². The number of rotatable bonds is 5. The molecule has 1 aromatic heterocycles. The summed E-state index contributed by atoms with van der Waals surface area (Å²) in [6.07, 6.45) is 2.94. The molecule has 0 aliphatic heterocycles. The van der Waals surface area contributed by atoms with Crippen molar-refractivity contribution in [2.45, 2.75) is 47.0 Å². The molecule has 1 heterocycles. The highest BCUT2D eigenvalue weighted by molar-refractivity contribution is 7.13. The van der Waals surface area contributed by atoms with Gasteiger partial charge in [-0.2, -0.15) is 0 Å². The predicted molar refractivity (Wildman–Crippen MR) is 64.6 cm³/mol. The molecule has 15 heavy (non-hydrogen) atoms. The lowest BCUT2D eigenvalue weighted by Gasteiger charge is -2.07. The molecule has 0 aliphatic carbocycles. The maximum absolute atomic E-state index is 11.9. The van der Waals surface area contributed by atoms with E-state index >= 15 is 0 Å². The fourth-order valence-corrected chi connectivity index (χ4v) is 2.66. The van der Waals surface area contributed by atoms with E-state index in [0.29, 0.717) is 12.3 Å². The summed E-state index contributed by atoms with van der Waals surface area (Å²) in [7, 11) is 0. The summed E-state index contributed by atoms with van der Waals surface area (Å²) in [5.74, 6) is 0.753. The number of carbonyl (C=O) groups is 1. The molecule has 0 N–H and O–H groups in total. The fourth-order valence-electron chi connectivity index (χ4n) is 1.79. The van der Waals surface area contributed by atoms with E-state index in [4.69, 9.17) is 0 Å². The zero-order chi connectivity index (χ0) is 11.4. The number of aromatic nitrogens is 1. The molecule has 1 rings (SSSR count). The third-order valence-electron chi connectivity index (χ3n) is 2.47. The van der Waals surface area contributed by atoms with Crippen molar-refractivity contribution in [2.75, 3.05) is 0 Å². The Labute approximate surface area is 95.7 Å². The molecular formula is C12H19NOS. The largest absolute Gasteiger partial charge is 0.293 e. The number of carbonyl (C=O) groups excluding carboxylic acids is 1. The molecule has 1 unspecified atom stereocenters. The lowest BCUT2D eigenvalue weighted by Crippen LogP contribution is -2.05. The van der Waals surface area contributed by atoms with Crippen LogP contribution in [0.4, 0.5) is 0 Å². The molecule has 1 aromatic rings. The number of aryl methyl sites for hydroxylation is 2.